The van der Waals surface area contributed by atoms with Gasteiger partial charge in [-0.1, -0.05) is 5.11 Å². The van der Waals surface area contributed by atoms with Crippen molar-refractivity contribution in [2.24, 2.45) is 5.11 Å². The van der Waals surface area contributed by atoms with Crippen LogP contribution in [0.25, 0.3) is 10.4 Å². The molecule has 11 heteroatoms. The number of sulfone groups is 1. The highest BCUT2D eigenvalue weighted by atomic mass is 32.2. The molecule has 10 nitrogen and oxygen atoms in total. The first kappa shape index (κ1) is 18.5. The molecular formula is C13H21N5O5S. The van der Waals surface area contributed by atoms with Gasteiger partial charge in [0.05, 0.1) is 6.61 Å². The van der Waals surface area contributed by atoms with Crippen molar-refractivity contribution < 1.29 is 22.7 Å². The number of carbonyl (C=O) groups is 2. The molecule has 0 radical (unpaired) electrons. The standard InChI is InChI=1S/C13H21N5O5S/c1-23-9-8-18-12(20)10-24(21,22)13(18)3-6-17(7-4-13)11(19)2-5-15-16-14/h2-10H2,1H3. The topological polar surface area (TPSA) is 133 Å². The third kappa shape index (κ3) is 3.33. The number of carbonyl (C=O) groups excluding carboxylic acids is 2. The Balaban J connectivity index is 2.09. The first-order valence-corrected chi connectivity index (χ1v) is 9.33. The van der Waals surface area contributed by atoms with Crippen LogP contribution in [-0.4, -0.2) is 80.6 Å². The van der Waals surface area contributed by atoms with Crippen LogP contribution in [0.2, 0.25) is 0 Å². The summed E-state index contributed by atoms with van der Waals surface area (Å²) in [5.41, 5.74) is 8.23. The zero-order valence-electron chi connectivity index (χ0n) is 13.5. The third-order valence-electron chi connectivity index (χ3n) is 4.59. The van der Waals surface area contributed by atoms with Gasteiger partial charge in [0.25, 0.3) is 0 Å². The van der Waals surface area contributed by atoms with E-state index in [0.717, 1.165) is 0 Å². The molecule has 0 bridgehead atoms. The lowest BCUT2D eigenvalue weighted by Gasteiger charge is -2.43. The summed E-state index contributed by atoms with van der Waals surface area (Å²) in [6.07, 6.45) is 0.478. The molecule has 0 saturated carbocycles. The number of rotatable bonds is 6. The minimum Gasteiger partial charge on any atom is -0.383 e. The van der Waals surface area contributed by atoms with Gasteiger partial charge in [0.2, 0.25) is 11.8 Å². The molecule has 1 spiro atoms. The van der Waals surface area contributed by atoms with E-state index in [-0.39, 0.29) is 58.0 Å². The molecule has 2 fully saturated rings. The monoisotopic (exact) mass is 359 g/mol. The molecule has 0 aromatic carbocycles. The lowest BCUT2D eigenvalue weighted by molar-refractivity contribution is -0.135. The maximum Gasteiger partial charge on any atom is 0.239 e. The lowest BCUT2D eigenvalue weighted by Crippen LogP contribution is -2.57. The van der Waals surface area contributed by atoms with Crippen LogP contribution in [-0.2, 0) is 24.2 Å². The minimum absolute atomic E-state index is 0.0771. The van der Waals surface area contributed by atoms with Crippen molar-refractivity contribution in [3.63, 3.8) is 0 Å². The first-order valence-electron chi connectivity index (χ1n) is 7.68. The van der Waals surface area contributed by atoms with Crippen LogP contribution < -0.4 is 0 Å². The van der Waals surface area contributed by atoms with Gasteiger partial charge in [-0.3, -0.25) is 9.59 Å². The largest absolute Gasteiger partial charge is 0.383 e. The van der Waals surface area contributed by atoms with E-state index >= 15 is 0 Å². The Bertz CT molecular complexity index is 650. The molecule has 0 aliphatic carbocycles. The smallest absolute Gasteiger partial charge is 0.239 e. The van der Waals surface area contributed by atoms with E-state index in [9.17, 15) is 18.0 Å². The summed E-state index contributed by atoms with van der Waals surface area (Å²) >= 11 is 0. The molecule has 2 amide bonds. The van der Waals surface area contributed by atoms with Crippen LogP contribution in [0.1, 0.15) is 19.3 Å². The van der Waals surface area contributed by atoms with E-state index in [1.165, 1.54) is 12.0 Å². The molecule has 24 heavy (non-hydrogen) atoms. The summed E-state index contributed by atoms with van der Waals surface area (Å²) in [6.45, 7) is 1.07. The number of nitrogens with zero attached hydrogens (tertiary/aromatic N) is 5. The Labute approximate surface area is 140 Å². The van der Waals surface area contributed by atoms with Gasteiger partial charge in [0.15, 0.2) is 9.84 Å². The van der Waals surface area contributed by atoms with E-state index < -0.39 is 26.4 Å². The zero-order valence-corrected chi connectivity index (χ0v) is 14.4. The van der Waals surface area contributed by atoms with Crippen molar-refractivity contribution in [1.82, 2.24) is 9.80 Å². The highest BCUT2D eigenvalue weighted by molar-refractivity contribution is 7.93. The maximum atomic E-state index is 12.5. The van der Waals surface area contributed by atoms with Crippen molar-refractivity contribution in [1.29, 1.82) is 0 Å². The number of ether oxygens (including phenoxy) is 1. The van der Waals surface area contributed by atoms with Crippen molar-refractivity contribution in [3.8, 4) is 0 Å². The van der Waals surface area contributed by atoms with E-state index in [1.807, 2.05) is 0 Å². The number of piperidine rings is 1. The SMILES string of the molecule is COCCN1C(=O)CS(=O)(=O)C12CCN(C(=O)CCN=[N+]=[N-])CC2. The zero-order chi connectivity index (χ0) is 17.8. The first-order chi connectivity index (χ1) is 11.4. The number of hydrogen-bond acceptors (Lipinski definition) is 6. The highest BCUT2D eigenvalue weighted by Gasteiger charge is 2.58. The second kappa shape index (κ2) is 7.37. The van der Waals surface area contributed by atoms with E-state index in [2.05, 4.69) is 10.0 Å². The van der Waals surface area contributed by atoms with Crippen LogP contribution in [0, 0.1) is 0 Å². The van der Waals surface area contributed by atoms with Crippen LogP contribution in [0.15, 0.2) is 5.11 Å². The van der Waals surface area contributed by atoms with Crippen LogP contribution in [0.3, 0.4) is 0 Å². The number of methoxy groups -OCH3 is 1. The molecule has 0 atom stereocenters. The molecule has 0 aromatic heterocycles. The predicted molar refractivity (Wildman–Crippen MR) is 84.6 cm³/mol. The lowest BCUT2D eigenvalue weighted by atomic mass is 10.0. The quantitative estimate of drug-likeness (QED) is 0.371. The molecular weight excluding hydrogens is 338 g/mol. The fourth-order valence-corrected chi connectivity index (χ4v) is 5.40. The number of azide groups is 1. The van der Waals surface area contributed by atoms with Gasteiger partial charge in [-0.05, 0) is 5.53 Å². The molecule has 0 N–H and O–H groups in total. The van der Waals surface area contributed by atoms with Crippen molar-refractivity contribution in [2.45, 2.75) is 24.1 Å². The molecule has 2 saturated heterocycles. The van der Waals surface area contributed by atoms with E-state index in [0.29, 0.717) is 0 Å². The summed E-state index contributed by atoms with van der Waals surface area (Å²) < 4.78 is 30.1. The van der Waals surface area contributed by atoms with Crippen LogP contribution in [0.4, 0.5) is 0 Å². The van der Waals surface area contributed by atoms with Gasteiger partial charge < -0.3 is 14.5 Å². The summed E-state index contributed by atoms with van der Waals surface area (Å²) in [5, 5.41) is 3.33. The molecule has 2 heterocycles. The predicted octanol–water partition coefficient (Wildman–Crippen LogP) is -0.0911. The Morgan fingerprint density at radius 2 is 2.08 bits per heavy atom. The minimum atomic E-state index is -3.59. The van der Waals surface area contributed by atoms with Crippen molar-refractivity contribution >= 4 is 21.7 Å². The summed E-state index contributed by atoms with van der Waals surface area (Å²) in [4.78, 5) is 28.5. The molecule has 2 aliphatic rings. The fraction of sp³-hybridized carbons (Fsp3) is 0.846. The average Bonchev–Trinajstić information content (AvgIpc) is 2.72. The molecule has 0 unspecified atom stereocenters. The molecule has 2 rings (SSSR count). The second-order valence-corrected chi connectivity index (χ2v) is 8.11. The molecule has 2 aliphatic heterocycles. The molecule has 0 aromatic rings. The van der Waals surface area contributed by atoms with Crippen molar-refractivity contribution in [2.75, 3.05) is 45.6 Å². The third-order valence-corrected chi connectivity index (χ3v) is 7.00. The highest BCUT2D eigenvalue weighted by Crippen LogP contribution is 2.39. The Morgan fingerprint density at radius 1 is 1.42 bits per heavy atom. The van der Waals surface area contributed by atoms with Crippen LogP contribution in [0.5, 0.6) is 0 Å². The average molecular weight is 359 g/mol. The number of likely N-dealkylation sites (tertiary alicyclic amines) is 1. The Hall–Kier alpha value is -1.84. The number of amides is 2. The Morgan fingerprint density at radius 3 is 2.67 bits per heavy atom. The van der Waals surface area contributed by atoms with Gasteiger partial charge in [-0.15, -0.1) is 0 Å². The fourth-order valence-electron chi connectivity index (χ4n) is 3.32. The van der Waals surface area contributed by atoms with Gasteiger partial charge in [0.1, 0.15) is 10.6 Å². The maximum absolute atomic E-state index is 12.5. The van der Waals surface area contributed by atoms with Gasteiger partial charge in [-0.25, -0.2) is 8.42 Å². The molecule has 134 valence electrons. The van der Waals surface area contributed by atoms with E-state index in [4.69, 9.17) is 10.3 Å². The Kier molecular flexibility index (Phi) is 5.68. The van der Waals surface area contributed by atoms with Gasteiger partial charge in [-0.2, -0.15) is 0 Å². The summed E-state index contributed by atoms with van der Waals surface area (Å²) in [5.74, 6) is -1.07. The van der Waals surface area contributed by atoms with Crippen molar-refractivity contribution in [3.05, 3.63) is 10.4 Å². The summed E-state index contributed by atoms with van der Waals surface area (Å²) in [6, 6.07) is 0. The van der Waals surface area contributed by atoms with Gasteiger partial charge >= 0.3 is 0 Å². The van der Waals surface area contributed by atoms with E-state index in [1.54, 1.807) is 4.90 Å². The van der Waals surface area contributed by atoms with Crippen LogP contribution >= 0.6 is 0 Å². The second-order valence-electron chi connectivity index (χ2n) is 5.83. The normalized spacial score (nSPS) is 21.8. The van der Waals surface area contributed by atoms with Gasteiger partial charge in [0, 0.05) is 57.5 Å². The summed E-state index contributed by atoms with van der Waals surface area (Å²) in [7, 11) is -2.10. The number of hydrogen-bond donors (Lipinski definition) is 0.